The van der Waals surface area contributed by atoms with Crippen LogP contribution in [0.5, 0.6) is 5.75 Å². The van der Waals surface area contributed by atoms with Gasteiger partial charge in [-0.05, 0) is 62.7 Å². The summed E-state index contributed by atoms with van der Waals surface area (Å²) in [6.45, 7) is 5.28. The Morgan fingerprint density at radius 3 is 2.72 bits per heavy atom. The molecule has 156 valence electrons. The molecule has 0 spiro atoms. The molecule has 2 aliphatic heterocycles. The second kappa shape index (κ2) is 9.41. The van der Waals surface area contributed by atoms with E-state index in [1.165, 1.54) is 19.4 Å². The standard InChI is InChI=1S/C22H31N5O2/c1-28-19-4-2-3-18(13-19)25-22-24-14-20(21(23)26-22)17-5-9-27(10-6-17)15-16-7-11-29-12-8-16/h2-4,13-14,16-17H,5-12,15H2,1H3,(H3,23,24,25,26). The number of hydrogen-bond acceptors (Lipinski definition) is 7. The molecule has 3 N–H and O–H groups in total. The van der Waals surface area contributed by atoms with Gasteiger partial charge < -0.3 is 25.4 Å². The van der Waals surface area contributed by atoms with E-state index >= 15 is 0 Å². The first-order valence-corrected chi connectivity index (χ1v) is 10.5. The fourth-order valence-electron chi connectivity index (χ4n) is 4.33. The van der Waals surface area contributed by atoms with Crippen molar-refractivity contribution in [2.75, 3.05) is 51.0 Å². The number of nitrogens with one attached hydrogen (secondary N) is 1. The van der Waals surface area contributed by atoms with Crippen LogP contribution in [0.25, 0.3) is 0 Å². The molecule has 7 nitrogen and oxygen atoms in total. The molecular weight excluding hydrogens is 366 g/mol. The topological polar surface area (TPSA) is 85.5 Å². The van der Waals surface area contributed by atoms with Gasteiger partial charge in [0.25, 0.3) is 0 Å². The van der Waals surface area contributed by atoms with Crippen molar-refractivity contribution < 1.29 is 9.47 Å². The van der Waals surface area contributed by atoms with Gasteiger partial charge in [-0.3, -0.25) is 0 Å². The van der Waals surface area contributed by atoms with Crippen LogP contribution >= 0.6 is 0 Å². The molecule has 3 heterocycles. The molecule has 2 aliphatic rings. The van der Waals surface area contributed by atoms with Gasteiger partial charge in [0, 0.05) is 43.3 Å². The van der Waals surface area contributed by atoms with E-state index in [-0.39, 0.29) is 0 Å². The fourth-order valence-corrected chi connectivity index (χ4v) is 4.33. The van der Waals surface area contributed by atoms with Crippen LogP contribution in [-0.2, 0) is 4.74 Å². The molecule has 0 bridgehead atoms. The summed E-state index contributed by atoms with van der Waals surface area (Å²) in [6.07, 6.45) is 6.51. The predicted molar refractivity (Wildman–Crippen MR) is 115 cm³/mol. The lowest BCUT2D eigenvalue weighted by molar-refractivity contribution is 0.0488. The lowest BCUT2D eigenvalue weighted by Crippen LogP contribution is -2.38. The number of ether oxygens (including phenoxy) is 2. The Kier molecular flexibility index (Phi) is 6.46. The maximum atomic E-state index is 6.30. The number of anilines is 3. The highest BCUT2D eigenvalue weighted by Crippen LogP contribution is 2.32. The van der Waals surface area contributed by atoms with Crippen LogP contribution in [0.15, 0.2) is 30.5 Å². The third kappa shape index (κ3) is 5.16. The SMILES string of the molecule is COc1cccc(Nc2ncc(C3CCN(CC4CCOCC4)CC3)c(N)n2)c1. The van der Waals surface area contributed by atoms with E-state index < -0.39 is 0 Å². The zero-order valence-corrected chi connectivity index (χ0v) is 17.1. The van der Waals surface area contributed by atoms with Crippen LogP contribution in [0.3, 0.4) is 0 Å². The number of rotatable bonds is 6. The van der Waals surface area contributed by atoms with Crippen molar-refractivity contribution in [3.8, 4) is 5.75 Å². The van der Waals surface area contributed by atoms with Gasteiger partial charge in [-0.1, -0.05) is 6.07 Å². The first kappa shape index (κ1) is 19.9. The predicted octanol–water partition coefficient (Wildman–Crippen LogP) is 3.42. The number of nitrogens with two attached hydrogens (primary N) is 1. The minimum Gasteiger partial charge on any atom is -0.497 e. The van der Waals surface area contributed by atoms with Gasteiger partial charge in [0.05, 0.1) is 7.11 Å². The highest BCUT2D eigenvalue weighted by molar-refractivity contribution is 5.57. The van der Waals surface area contributed by atoms with Crippen molar-refractivity contribution in [3.63, 3.8) is 0 Å². The van der Waals surface area contributed by atoms with Crippen molar-refractivity contribution in [2.24, 2.45) is 5.92 Å². The molecule has 0 atom stereocenters. The number of piperidine rings is 1. The van der Waals surface area contributed by atoms with Crippen molar-refractivity contribution >= 4 is 17.5 Å². The third-order valence-electron chi connectivity index (χ3n) is 6.06. The van der Waals surface area contributed by atoms with Crippen LogP contribution in [0.1, 0.15) is 37.2 Å². The van der Waals surface area contributed by atoms with E-state index in [1.54, 1.807) is 7.11 Å². The smallest absolute Gasteiger partial charge is 0.229 e. The molecule has 1 aromatic carbocycles. The van der Waals surface area contributed by atoms with Crippen molar-refractivity contribution in [1.82, 2.24) is 14.9 Å². The summed E-state index contributed by atoms with van der Waals surface area (Å²) >= 11 is 0. The average Bonchev–Trinajstić information content (AvgIpc) is 2.75. The second-order valence-electron chi connectivity index (χ2n) is 8.02. The Morgan fingerprint density at radius 2 is 2.00 bits per heavy atom. The molecular formula is C22H31N5O2. The first-order chi connectivity index (χ1) is 14.2. The van der Waals surface area contributed by atoms with Gasteiger partial charge >= 0.3 is 0 Å². The normalized spacial score (nSPS) is 19.2. The average molecular weight is 398 g/mol. The number of methoxy groups -OCH3 is 1. The van der Waals surface area contributed by atoms with Gasteiger partial charge in [-0.25, -0.2) is 4.98 Å². The number of hydrogen-bond donors (Lipinski definition) is 2. The monoisotopic (exact) mass is 397 g/mol. The van der Waals surface area contributed by atoms with Crippen molar-refractivity contribution in [2.45, 2.75) is 31.6 Å². The number of aromatic nitrogens is 2. The number of likely N-dealkylation sites (tertiary alicyclic amines) is 1. The third-order valence-corrected chi connectivity index (χ3v) is 6.06. The Morgan fingerprint density at radius 1 is 1.21 bits per heavy atom. The molecule has 7 heteroatoms. The Bertz CT molecular complexity index is 802. The summed E-state index contributed by atoms with van der Waals surface area (Å²) in [6, 6.07) is 7.68. The molecule has 4 rings (SSSR count). The van der Waals surface area contributed by atoms with Gasteiger partial charge in [-0.2, -0.15) is 4.98 Å². The minimum absolute atomic E-state index is 0.437. The Labute approximate surface area is 172 Å². The molecule has 0 unspecified atom stereocenters. The number of nitrogen functional groups attached to an aromatic ring is 1. The number of benzene rings is 1. The molecule has 0 radical (unpaired) electrons. The fraction of sp³-hybridized carbons (Fsp3) is 0.545. The van der Waals surface area contributed by atoms with Crippen LogP contribution in [0.4, 0.5) is 17.5 Å². The summed E-state index contributed by atoms with van der Waals surface area (Å²) in [5.41, 5.74) is 8.25. The summed E-state index contributed by atoms with van der Waals surface area (Å²) in [5, 5.41) is 3.20. The molecule has 2 fully saturated rings. The van der Waals surface area contributed by atoms with Crippen LogP contribution in [-0.4, -0.2) is 54.8 Å². The molecule has 2 aromatic rings. The van der Waals surface area contributed by atoms with E-state index in [9.17, 15) is 0 Å². The van der Waals surface area contributed by atoms with Gasteiger partial charge in [0.2, 0.25) is 5.95 Å². The summed E-state index contributed by atoms with van der Waals surface area (Å²) in [4.78, 5) is 11.6. The van der Waals surface area contributed by atoms with Gasteiger partial charge in [-0.15, -0.1) is 0 Å². The summed E-state index contributed by atoms with van der Waals surface area (Å²) in [5.74, 6) is 3.10. The Balaban J connectivity index is 1.33. The first-order valence-electron chi connectivity index (χ1n) is 10.5. The number of nitrogens with zero attached hydrogens (tertiary/aromatic N) is 3. The molecule has 0 aliphatic carbocycles. The molecule has 1 aromatic heterocycles. The zero-order chi connectivity index (χ0) is 20.1. The minimum atomic E-state index is 0.437. The van der Waals surface area contributed by atoms with E-state index in [2.05, 4.69) is 20.2 Å². The van der Waals surface area contributed by atoms with E-state index in [0.29, 0.717) is 17.7 Å². The lowest BCUT2D eigenvalue weighted by atomic mass is 9.89. The molecule has 29 heavy (non-hydrogen) atoms. The molecule has 2 saturated heterocycles. The quantitative estimate of drug-likeness (QED) is 0.772. The van der Waals surface area contributed by atoms with E-state index in [1.807, 2.05) is 30.5 Å². The molecule has 0 amide bonds. The highest BCUT2D eigenvalue weighted by atomic mass is 16.5. The van der Waals surface area contributed by atoms with E-state index in [4.69, 9.17) is 15.2 Å². The van der Waals surface area contributed by atoms with Crippen molar-refractivity contribution in [3.05, 3.63) is 36.0 Å². The molecule has 0 saturated carbocycles. The Hall–Kier alpha value is -2.38. The van der Waals surface area contributed by atoms with Crippen LogP contribution < -0.4 is 15.8 Å². The van der Waals surface area contributed by atoms with Crippen molar-refractivity contribution in [1.29, 1.82) is 0 Å². The van der Waals surface area contributed by atoms with Gasteiger partial charge in [0.15, 0.2) is 0 Å². The lowest BCUT2D eigenvalue weighted by Gasteiger charge is -2.35. The second-order valence-corrected chi connectivity index (χ2v) is 8.02. The largest absolute Gasteiger partial charge is 0.497 e. The summed E-state index contributed by atoms with van der Waals surface area (Å²) < 4.78 is 10.7. The zero-order valence-electron chi connectivity index (χ0n) is 17.1. The maximum absolute atomic E-state index is 6.30. The van der Waals surface area contributed by atoms with E-state index in [0.717, 1.165) is 62.1 Å². The van der Waals surface area contributed by atoms with Gasteiger partial charge in [0.1, 0.15) is 11.6 Å². The summed E-state index contributed by atoms with van der Waals surface area (Å²) in [7, 11) is 1.65. The highest BCUT2D eigenvalue weighted by Gasteiger charge is 2.25. The van der Waals surface area contributed by atoms with Crippen LogP contribution in [0.2, 0.25) is 0 Å². The maximum Gasteiger partial charge on any atom is 0.229 e. The van der Waals surface area contributed by atoms with Crippen LogP contribution in [0, 0.1) is 5.92 Å².